The summed E-state index contributed by atoms with van der Waals surface area (Å²) in [5.74, 6) is 0.962. The van der Waals surface area contributed by atoms with E-state index in [1.165, 1.54) is 0 Å². The third-order valence-corrected chi connectivity index (χ3v) is 5.86. The van der Waals surface area contributed by atoms with Crippen molar-refractivity contribution in [3.05, 3.63) is 0 Å². The van der Waals surface area contributed by atoms with Crippen LogP contribution < -0.4 is 0 Å². The van der Waals surface area contributed by atoms with Gasteiger partial charge in [0.1, 0.15) is 0 Å². The first-order valence-electron chi connectivity index (χ1n) is 4.67. The van der Waals surface area contributed by atoms with Gasteiger partial charge in [-0.15, -0.1) is 23.2 Å². The second kappa shape index (κ2) is 7.08. The molecule has 0 fully saturated rings. The third kappa shape index (κ3) is 3.71. The smallest absolute Gasteiger partial charge is 0.215 e. The fourth-order valence-electron chi connectivity index (χ4n) is 1.36. The Balaban J connectivity index is 4.64. The van der Waals surface area contributed by atoms with E-state index in [1.807, 2.05) is 25.7 Å². The zero-order chi connectivity index (χ0) is 11.2. The molecule has 0 aromatic carbocycles. The summed E-state index contributed by atoms with van der Waals surface area (Å²) in [6.07, 6.45) is 0.619. The lowest BCUT2D eigenvalue weighted by Gasteiger charge is -2.34. The molecule has 0 bridgehead atoms. The number of rotatable bonds is 7. The SMILES string of the molecule is CCP(=O)(N(C)C)N(CCCl)CCCl. The molecule has 0 aliphatic carbocycles. The quantitative estimate of drug-likeness (QED) is 0.519. The molecule has 0 N–H and O–H groups in total. The van der Waals surface area contributed by atoms with Crippen LogP contribution in [0.5, 0.6) is 0 Å². The van der Waals surface area contributed by atoms with E-state index in [0.29, 0.717) is 31.0 Å². The highest BCUT2D eigenvalue weighted by atomic mass is 35.5. The van der Waals surface area contributed by atoms with E-state index in [9.17, 15) is 4.57 Å². The van der Waals surface area contributed by atoms with Crippen LogP contribution >= 0.6 is 30.6 Å². The summed E-state index contributed by atoms with van der Waals surface area (Å²) in [5, 5.41) is 0. The molecule has 0 aromatic heterocycles. The molecule has 0 aliphatic rings. The van der Waals surface area contributed by atoms with Crippen molar-refractivity contribution in [2.75, 3.05) is 45.1 Å². The highest BCUT2D eigenvalue weighted by Crippen LogP contribution is 2.50. The normalized spacial score (nSPS) is 16.2. The van der Waals surface area contributed by atoms with Crippen molar-refractivity contribution in [1.82, 2.24) is 9.34 Å². The molecule has 3 nitrogen and oxygen atoms in total. The maximum absolute atomic E-state index is 12.5. The van der Waals surface area contributed by atoms with Gasteiger partial charge in [-0.25, -0.2) is 9.34 Å². The Hall–Kier alpha value is 0.730. The molecule has 0 saturated heterocycles. The molecule has 86 valence electrons. The number of halogens is 2. The summed E-state index contributed by atoms with van der Waals surface area (Å²) in [6, 6.07) is 0. The van der Waals surface area contributed by atoms with E-state index in [0.717, 1.165) is 0 Å². The minimum atomic E-state index is -2.42. The van der Waals surface area contributed by atoms with Gasteiger partial charge in [-0.3, -0.25) is 4.57 Å². The van der Waals surface area contributed by atoms with E-state index < -0.39 is 7.44 Å². The zero-order valence-electron chi connectivity index (χ0n) is 9.04. The van der Waals surface area contributed by atoms with E-state index >= 15 is 0 Å². The fourth-order valence-corrected chi connectivity index (χ4v) is 4.30. The van der Waals surface area contributed by atoms with Crippen LogP contribution in [0, 0.1) is 0 Å². The van der Waals surface area contributed by atoms with Gasteiger partial charge in [-0.1, -0.05) is 6.92 Å². The van der Waals surface area contributed by atoms with Crippen molar-refractivity contribution in [2.45, 2.75) is 6.92 Å². The van der Waals surface area contributed by atoms with Gasteiger partial charge < -0.3 is 0 Å². The first kappa shape index (κ1) is 14.7. The van der Waals surface area contributed by atoms with Crippen molar-refractivity contribution >= 4 is 30.6 Å². The van der Waals surface area contributed by atoms with Crippen LogP contribution in [0.2, 0.25) is 0 Å². The molecule has 14 heavy (non-hydrogen) atoms. The van der Waals surface area contributed by atoms with Gasteiger partial charge >= 0.3 is 0 Å². The number of hydrogen-bond donors (Lipinski definition) is 0. The van der Waals surface area contributed by atoms with Gasteiger partial charge in [-0.2, -0.15) is 0 Å². The molecule has 6 heteroatoms. The fraction of sp³-hybridized carbons (Fsp3) is 1.00. The van der Waals surface area contributed by atoms with Gasteiger partial charge in [0.05, 0.1) is 0 Å². The van der Waals surface area contributed by atoms with Gasteiger partial charge in [0.15, 0.2) is 0 Å². The van der Waals surface area contributed by atoms with Crippen molar-refractivity contribution in [2.24, 2.45) is 0 Å². The van der Waals surface area contributed by atoms with E-state index in [4.69, 9.17) is 23.2 Å². The maximum Gasteiger partial charge on any atom is 0.215 e. The second-order valence-electron chi connectivity index (χ2n) is 3.16. The highest BCUT2D eigenvalue weighted by Gasteiger charge is 2.29. The summed E-state index contributed by atoms with van der Waals surface area (Å²) in [4.78, 5) is 0. The number of alkyl halides is 2. The molecule has 0 saturated carbocycles. The van der Waals surface area contributed by atoms with Crippen LogP contribution in [-0.2, 0) is 4.57 Å². The highest BCUT2D eigenvalue weighted by molar-refractivity contribution is 7.59. The lowest BCUT2D eigenvalue weighted by molar-refractivity contribution is 0.398. The molecule has 0 spiro atoms. The van der Waals surface area contributed by atoms with Crippen LogP contribution in [-0.4, -0.2) is 54.4 Å². The molecular weight excluding hydrogens is 242 g/mol. The molecule has 0 amide bonds. The Kier molecular flexibility index (Phi) is 7.45. The predicted octanol–water partition coefficient (Wildman–Crippen LogP) is 2.54. The minimum Gasteiger partial charge on any atom is -0.289 e. The lowest BCUT2D eigenvalue weighted by atomic mass is 10.6. The Morgan fingerprint density at radius 2 is 1.57 bits per heavy atom. The van der Waals surface area contributed by atoms with Crippen LogP contribution in [0.4, 0.5) is 0 Å². The number of nitrogens with zero attached hydrogens (tertiary/aromatic N) is 2. The Bertz CT molecular complexity index is 196. The molecule has 1 atom stereocenters. The van der Waals surface area contributed by atoms with Crippen molar-refractivity contribution in [1.29, 1.82) is 0 Å². The Morgan fingerprint density at radius 1 is 1.14 bits per heavy atom. The lowest BCUT2D eigenvalue weighted by Crippen LogP contribution is -2.32. The monoisotopic (exact) mass is 260 g/mol. The average Bonchev–Trinajstić information content (AvgIpc) is 2.16. The summed E-state index contributed by atoms with van der Waals surface area (Å²) in [6.45, 7) is 3.17. The molecule has 0 heterocycles. The van der Waals surface area contributed by atoms with E-state index in [-0.39, 0.29) is 0 Å². The van der Waals surface area contributed by atoms with Gasteiger partial charge in [0.2, 0.25) is 7.44 Å². The first-order valence-corrected chi connectivity index (χ1v) is 7.53. The number of hydrogen-bond acceptors (Lipinski definition) is 1. The van der Waals surface area contributed by atoms with Crippen molar-refractivity contribution in [3.63, 3.8) is 0 Å². The van der Waals surface area contributed by atoms with Gasteiger partial charge in [0, 0.05) is 31.0 Å². The van der Waals surface area contributed by atoms with Gasteiger partial charge in [0.25, 0.3) is 0 Å². The molecule has 0 rings (SSSR count). The van der Waals surface area contributed by atoms with E-state index in [2.05, 4.69) is 0 Å². The summed E-state index contributed by atoms with van der Waals surface area (Å²) in [7, 11) is 1.25. The topological polar surface area (TPSA) is 23.6 Å². The molecule has 0 radical (unpaired) electrons. The van der Waals surface area contributed by atoms with Crippen LogP contribution in [0.1, 0.15) is 6.92 Å². The predicted molar refractivity (Wildman–Crippen MR) is 64.8 cm³/mol. The largest absolute Gasteiger partial charge is 0.289 e. The molecular formula is C8H19Cl2N2OP. The van der Waals surface area contributed by atoms with Crippen LogP contribution in [0.15, 0.2) is 0 Å². The Labute approximate surface area is 96.8 Å². The first-order chi connectivity index (χ1) is 6.52. The average molecular weight is 261 g/mol. The summed E-state index contributed by atoms with van der Waals surface area (Å²) >= 11 is 11.4. The molecule has 0 aromatic rings. The van der Waals surface area contributed by atoms with Crippen LogP contribution in [0.25, 0.3) is 0 Å². The summed E-state index contributed by atoms with van der Waals surface area (Å²) in [5.41, 5.74) is 0. The minimum absolute atomic E-state index is 0.481. The summed E-state index contributed by atoms with van der Waals surface area (Å²) < 4.78 is 16.2. The standard InChI is InChI=1S/C8H19Cl2N2OP/c1-4-14(13,11(2)3)12(7-5-9)8-6-10/h4-8H2,1-3H3. The van der Waals surface area contributed by atoms with Crippen LogP contribution in [0.3, 0.4) is 0 Å². The third-order valence-electron chi connectivity index (χ3n) is 2.16. The molecule has 0 aliphatic heterocycles. The van der Waals surface area contributed by atoms with E-state index in [1.54, 1.807) is 4.67 Å². The molecule has 1 unspecified atom stereocenters. The second-order valence-corrected chi connectivity index (χ2v) is 7.24. The van der Waals surface area contributed by atoms with Gasteiger partial charge in [-0.05, 0) is 14.1 Å². The van der Waals surface area contributed by atoms with Crippen molar-refractivity contribution in [3.8, 4) is 0 Å². The zero-order valence-corrected chi connectivity index (χ0v) is 11.4. The Morgan fingerprint density at radius 3 is 1.79 bits per heavy atom. The van der Waals surface area contributed by atoms with Crippen molar-refractivity contribution < 1.29 is 4.57 Å². The maximum atomic E-state index is 12.5.